The summed E-state index contributed by atoms with van der Waals surface area (Å²) in [4.78, 5) is 24.1. The minimum absolute atomic E-state index is 0.0167. The molecule has 0 aromatic heterocycles. The molecule has 3 atom stereocenters. The minimum Gasteiger partial charge on any atom is -0.355 e. The lowest BCUT2D eigenvalue weighted by Crippen LogP contribution is -2.42. The summed E-state index contributed by atoms with van der Waals surface area (Å²) in [6.45, 7) is 4.81. The third-order valence-electron chi connectivity index (χ3n) is 3.81. The molecule has 2 aliphatic carbocycles. The summed E-state index contributed by atoms with van der Waals surface area (Å²) in [6.07, 6.45) is 6.44. The van der Waals surface area contributed by atoms with Gasteiger partial charge in [-0.1, -0.05) is 32.4 Å². The Morgan fingerprint density at radius 3 is 2.88 bits per heavy atom. The van der Waals surface area contributed by atoms with Crippen LogP contribution in [-0.4, -0.2) is 18.2 Å². The van der Waals surface area contributed by atoms with E-state index in [1.54, 1.807) is 0 Å². The highest BCUT2D eigenvalue weighted by atomic mass is 16.2. The molecule has 0 heterocycles. The number of nitrogens with one attached hydrogen (secondary N) is 1. The molecule has 2 rings (SSSR count). The zero-order chi connectivity index (χ0) is 11.8. The van der Waals surface area contributed by atoms with Crippen LogP contribution in [-0.2, 0) is 9.59 Å². The van der Waals surface area contributed by atoms with Gasteiger partial charge in [0, 0.05) is 12.5 Å². The lowest BCUT2D eigenvalue weighted by molar-refractivity contribution is -0.136. The highest BCUT2D eigenvalue weighted by Crippen LogP contribution is 2.49. The number of rotatable bonds is 4. The third kappa shape index (κ3) is 1.49. The number of amides is 1. The molecule has 16 heavy (non-hydrogen) atoms. The third-order valence-corrected chi connectivity index (χ3v) is 3.81. The number of allylic oxidation sites excluding steroid dienone is 1. The van der Waals surface area contributed by atoms with Crippen molar-refractivity contribution in [2.75, 3.05) is 6.54 Å². The van der Waals surface area contributed by atoms with Crippen molar-refractivity contribution < 1.29 is 9.59 Å². The predicted molar refractivity (Wildman–Crippen MR) is 61.8 cm³/mol. The number of Topliss-reactive ketones (excluding diaryl/α,β-unsaturated/α-hetero) is 1. The summed E-state index contributed by atoms with van der Waals surface area (Å²) in [5.41, 5.74) is -0.822. The van der Waals surface area contributed by atoms with Crippen LogP contribution < -0.4 is 5.32 Å². The Morgan fingerprint density at radius 1 is 1.62 bits per heavy atom. The highest BCUT2D eigenvalue weighted by molar-refractivity contribution is 6.13. The second-order valence-electron chi connectivity index (χ2n) is 5.01. The first-order valence-corrected chi connectivity index (χ1v) is 6.14. The van der Waals surface area contributed by atoms with Gasteiger partial charge in [0.2, 0.25) is 5.91 Å². The molecule has 3 unspecified atom stereocenters. The standard InChI is InChI=1S/C13H19NO2/c1-3-4-7-14-12(16)13-6-5-10(11(13)15)9(2)8-13/h5-6,9-10H,3-4,7-8H2,1-2H3,(H,14,16). The second kappa shape index (κ2) is 4.04. The smallest absolute Gasteiger partial charge is 0.237 e. The van der Waals surface area contributed by atoms with Crippen molar-refractivity contribution in [1.82, 2.24) is 5.32 Å². The van der Waals surface area contributed by atoms with E-state index in [0.717, 1.165) is 12.8 Å². The fourth-order valence-corrected chi connectivity index (χ4v) is 2.80. The van der Waals surface area contributed by atoms with Gasteiger partial charge in [-0.2, -0.15) is 0 Å². The van der Waals surface area contributed by atoms with Gasteiger partial charge in [-0.25, -0.2) is 0 Å². The van der Waals surface area contributed by atoms with Gasteiger partial charge in [-0.15, -0.1) is 0 Å². The average Bonchev–Trinajstić information content (AvgIpc) is 2.70. The molecule has 0 radical (unpaired) electrons. The summed E-state index contributed by atoms with van der Waals surface area (Å²) in [5.74, 6) is 0.314. The van der Waals surface area contributed by atoms with Crippen LogP contribution in [0.25, 0.3) is 0 Å². The maximum absolute atomic E-state index is 12.1. The van der Waals surface area contributed by atoms with Crippen LogP contribution in [0, 0.1) is 17.3 Å². The van der Waals surface area contributed by atoms with Crippen LogP contribution in [0.4, 0.5) is 0 Å². The largest absolute Gasteiger partial charge is 0.355 e. The Kier molecular flexibility index (Phi) is 2.87. The van der Waals surface area contributed by atoms with Gasteiger partial charge in [-0.05, 0) is 18.8 Å². The monoisotopic (exact) mass is 221 g/mol. The normalized spacial score (nSPS) is 35.8. The van der Waals surface area contributed by atoms with Gasteiger partial charge in [0.15, 0.2) is 5.78 Å². The van der Waals surface area contributed by atoms with E-state index in [2.05, 4.69) is 12.2 Å². The van der Waals surface area contributed by atoms with Crippen molar-refractivity contribution in [3.8, 4) is 0 Å². The molecule has 2 aliphatic rings. The van der Waals surface area contributed by atoms with Crippen LogP contribution >= 0.6 is 0 Å². The van der Waals surface area contributed by atoms with Gasteiger partial charge in [0.1, 0.15) is 5.41 Å². The molecular formula is C13H19NO2. The quantitative estimate of drug-likeness (QED) is 0.446. The first kappa shape index (κ1) is 11.4. The molecule has 3 nitrogen and oxygen atoms in total. The molecule has 0 aromatic rings. The van der Waals surface area contributed by atoms with Crippen molar-refractivity contribution in [3.63, 3.8) is 0 Å². The average molecular weight is 221 g/mol. The van der Waals surface area contributed by atoms with Crippen LogP contribution in [0.2, 0.25) is 0 Å². The molecule has 88 valence electrons. The van der Waals surface area contributed by atoms with Crippen molar-refractivity contribution in [2.45, 2.75) is 33.1 Å². The van der Waals surface area contributed by atoms with E-state index >= 15 is 0 Å². The first-order chi connectivity index (χ1) is 7.62. The molecule has 3 heteroatoms. The van der Waals surface area contributed by atoms with Crippen LogP contribution in [0.1, 0.15) is 33.1 Å². The number of ketones is 1. The molecule has 0 aliphatic heterocycles. The van der Waals surface area contributed by atoms with E-state index < -0.39 is 5.41 Å². The first-order valence-electron chi connectivity index (χ1n) is 6.14. The van der Waals surface area contributed by atoms with Gasteiger partial charge in [-0.3, -0.25) is 9.59 Å². The van der Waals surface area contributed by atoms with Crippen molar-refractivity contribution >= 4 is 11.7 Å². The molecule has 1 amide bonds. The van der Waals surface area contributed by atoms with Crippen LogP contribution in [0.5, 0.6) is 0 Å². The maximum atomic E-state index is 12.1. The van der Waals surface area contributed by atoms with E-state index in [1.807, 2.05) is 19.1 Å². The van der Waals surface area contributed by atoms with Crippen molar-refractivity contribution in [1.29, 1.82) is 0 Å². The Labute approximate surface area is 96.3 Å². The van der Waals surface area contributed by atoms with Crippen LogP contribution in [0.15, 0.2) is 12.2 Å². The Morgan fingerprint density at radius 2 is 2.38 bits per heavy atom. The van der Waals surface area contributed by atoms with Crippen LogP contribution in [0.3, 0.4) is 0 Å². The summed E-state index contributed by atoms with van der Waals surface area (Å²) >= 11 is 0. The highest BCUT2D eigenvalue weighted by Gasteiger charge is 2.57. The summed E-state index contributed by atoms with van der Waals surface area (Å²) in [6, 6.07) is 0. The Bertz CT molecular complexity index is 348. The molecule has 0 spiro atoms. The SMILES string of the molecule is CCCCNC(=O)C12C=CC(C1=O)C(C)C2. The Balaban J connectivity index is 2.06. The molecular weight excluding hydrogens is 202 g/mol. The molecule has 1 fully saturated rings. The minimum atomic E-state index is -0.822. The van der Waals surface area contributed by atoms with E-state index in [1.165, 1.54) is 0 Å². The molecule has 1 saturated carbocycles. The fourth-order valence-electron chi connectivity index (χ4n) is 2.80. The van der Waals surface area contributed by atoms with Crippen molar-refractivity contribution in [3.05, 3.63) is 12.2 Å². The molecule has 1 N–H and O–H groups in total. The zero-order valence-corrected chi connectivity index (χ0v) is 9.95. The number of unbranched alkanes of at least 4 members (excludes halogenated alkanes) is 1. The molecule has 0 aromatic carbocycles. The summed E-state index contributed by atoms with van der Waals surface area (Å²) in [7, 11) is 0. The van der Waals surface area contributed by atoms with Gasteiger partial charge in [0.05, 0.1) is 0 Å². The molecule has 2 bridgehead atoms. The van der Waals surface area contributed by atoms with Gasteiger partial charge >= 0.3 is 0 Å². The fraction of sp³-hybridized carbons (Fsp3) is 0.692. The van der Waals surface area contributed by atoms with E-state index in [4.69, 9.17) is 0 Å². The zero-order valence-electron chi connectivity index (χ0n) is 9.95. The number of hydrogen-bond donors (Lipinski definition) is 1. The lowest BCUT2D eigenvalue weighted by Gasteiger charge is -2.22. The van der Waals surface area contributed by atoms with E-state index in [9.17, 15) is 9.59 Å². The summed E-state index contributed by atoms with van der Waals surface area (Å²) in [5, 5.41) is 2.88. The number of hydrogen-bond acceptors (Lipinski definition) is 2. The van der Waals surface area contributed by atoms with E-state index in [0.29, 0.717) is 18.9 Å². The maximum Gasteiger partial charge on any atom is 0.237 e. The Hall–Kier alpha value is -1.12. The summed E-state index contributed by atoms with van der Waals surface area (Å²) < 4.78 is 0. The van der Waals surface area contributed by atoms with E-state index in [-0.39, 0.29) is 17.6 Å². The predicted octanol–water partition coefficient (Wildman–Crippen LogP) is 1.68. The topological polar surface area (TPSA) is 46.2 Å². The van der Waals surface area contributed by atoms with Gasteiger partial charge < -0.3 is 5.32 Å². The number of carbonyl (C=O) groups excluding carboxylic acids is 2. The van der Waals surface area contributed by atoms with Crippen molar-refractivity contribution in [2.24, 2.45) is 17.3 Å². The second-order valence-corrected chi connectivity index (χ2v) is 5.01. The molecule has 0 saturated heterocycles. The lowest BCUT2D eigenvalue weighted by atomic mass is 9.84. The number of carbonyl (C=O) groups is 2. The van der Waals surface area contributed by atoms with Gasteiger partial charge in [0.25, 0.3) is 0 Å². The number of fused-ring (bicyclic) bond motifs is 2.